The minimum atomic E-state index is -1.61. The summed E-state index contributed by atoms with van der Waals surface area (Å²) >= 11 is 0. The number of aliphatic hydroxyl groups is 4. The van der Waals surface area contributed by atoms with E-state index in [1.807, 2.05) is 0 Å². The molecule has 0 bridgehead atoms. The molecule has 1 aromatic heterocycles. The Kier molecular flexibility index (Phi) is 5.51. The van der Waals surface area contributed by atoms with Crippen LogP contribution in [0.4, 0.5) is 5.82 Å². The van der Waals surface area contributed by atoms with Gasteiger partial charge in [-0.25, -0.2) is 0 Å². The summed E-state index contributed by atoms with van der Waals surface area (Å²) in [7, 11) is 1.25. The number of ketones is 1. The monoisotopic (exact) mass is 345 g/mol. The Morgan fingerprint density at radius 2 is 2.00 bits per heavy atom. The van der Waals surface area contributed by atoms with Gasteiger partial charge in [-0.05, 0) is 6.92 Å². The van der Waals surface area contributed by atoms with E-state index in [9.17, 15) is 24.9 Å². The molecule has 0 spiro atoms. The molecule has 1 aliphatic heterocycles. The fourth-order valence-electron chi connectivity index (χ4n) is 2.34. The van der Waals surface area contributed by atoms with Crippen LogP contribution in [0.15, 0.2) is 4.79 Å². The van der Waals surface area contributed by atoms with Crippen molar-refractivity contribution in [2.45, 2.75) is 37.6 Å². The number of hydrogen-bond acceptors (Lipinski definition) is 10. The molecule has 11 heteroatoms. The lowest BCUT2D eigenvalue weighted by molar-refractivity contribution is -0.221. The zero-order valence-corrected chi connectivity index (χ0v) is 13.0. The number of rotatable bonds is 5. The third kappa shape index (κ3) is 3.39. The lowest BCUT2D eigenvalue weighted by Crippen LogP contribution is -2.60. The van der Waals surface area contributed by atoms with Gasteiger partial charge in [0.15, 0.2) is 12.0 Å². The Morgan fingerprint density at radius 1 is 1.33 bits per heavy atom. The number of ether oxygens (including phenoxy) is 2. The van der Waals surface area contributed by atoms with Crippen LogP contribution >= 0.6 is 0 Å². The molecular formula is C13H19N3O8. The summed E-state index contributed by atoms with van der Waals surface area (Å²) in [6.45, 7) is 0.534. The minimum Gasteiger partial charge on any atom is -0.468 e. The molecule has 1 aliphatic rings. The van der Waals surface area contributed by atoms with Gasteiger partial charge in [0.1, 0.15) is 35.8 Å². The quantitative estimate of drug-likeness (QED) is 0.306. The fraction of sp³-hybridized carbons (Fsp3) is 0.615. The second-order valence-corrected chi connectivity index (χ2v) is 5.25. The zero-order valence-electron chi connectivity index (χ0n) is 13.0. The maximum atomic E-state index is 12.0. The van der Waals surface area contributed by atoms with Gasteiger partial charge in [0, 0.05) is 0 Å². The highest BCUT2D eigenvalue weighted by molar-refractivity contribution is 5.98. The molecule has 0 unspecified atom stereocenters. The van der Waals surface area contributed by atoms with Crippen molar-refractivity contribution in [3.8, 4) is 6.01 Å². The van der Waals surface area contributed by atoms with E-state index in [4.69, 9.17) is 14.6 Å². The molecule has 1 aromatic rings. The Hall–Kier alpha value is -2.05. The first kappa shape index (κ1) is 18.3. The number of anilines is 1. The van der Waals surface area contributed by atoms with Crippen LogP contribution in [-0.2, 0) is 4.74 Å². The number of methoxy groups -OCH3 is 1. The van der Waals surface area contributed by atoms with Gasteiger partial charge in [-0.2, -0.15) is 4.98 Å². The largest absolute Gasteiger partial charge is 0.468 e. The molecular weight excluding hydrogens is 326 g/mol. The standard InChI is InChI=1S/C13H19N3O8/c1-4(18)6-10(15-13(23-2)16-11(6)22)14-12-9(21)8(20)7(19)5(3-17)24-12/h5,7-9,12,17,19-21H,3H2,1-2H3,(H2,14,15,16,22)/t5-,7+,8+,9+,12-/m0/s1. The van der Waals surface area contributed by atoms with Crippen LogP contribution in [0.1, 0.15) is 17.3 Å². The van der Waals surface area contributed by atoms with Gasteiger partial charge in [0.25, 0.3) is 11.6 Å². The molecule has 2 heterocycles. The number of H-pyrrole nitrogens is 1. The van der Waals surface area contributed by atoms with Gasteiger partial charge in [0.2, 0.25) is 0 Å². The number of nitrogens with one attached hydrogen (secondary N) is 2. The maximum Gasteiger partial charge on any atom is 0.298 e. The van der Waals surface area contributed by atoms with Crippen LogP contribution in [-0.4, -0.2) is 80.5 Å². The van der Waals surface area contributed by atoms with Crippen LogP contribution in [0.25, 0.3) is 0 Å². The Balaban J connectivity index is 2.37. The number of aromatic nitrogens is 2. The Bertz CT molecular complexity index is 661. The van der Waals surface area contributed by atoms with Crippen molar-refractivity contribution in [3.63, 3.8) is 0 Å². The summed E-state index contributed by atoms with van der Waals surface area (Å²) < 4.78 is 10.1. The SMILES string of the molecule is COc1nc(N[C@H]2O[C@@H](CO)[C@@H](O)[C@@H](O)[C@H]2O)c(C(C)=O)c(=O)[nH]1. The van der Waals surface area contributed by atoms with E-state index in [1.165, 1.54) is 7.11 Å². The summed E-state index contributed by atoms with van der Waals surface area (Å²) in [4.78, 5) is 29.8. The van der Waals surface area contributed by atoms with Gasteiger partial charge >= 0.3 is 0 Å². The molecule has 0 amide bonds. The molecule has 1 saturated heterocycles. The highest BCUT2D eigenvalue weighted by Crippen LogP contribution is 2.23. The Morgan fingerprint density at radius 3 is 2.54 bits per heavy atom. The van der Waals surface area contributed by atoms with Gasteiger partial charge in [-0.15, -0.1) is 0 Å². The number of hydrogen-bond donors (Lipinski definition) is 6. The molecule has 1 fully saturated rings. The number of nitrogens with zero attached hydrogens (tertiary/aromatic N) is 1. The molecule has 0 radical (unpaired) electrons. The van der Waals surface area contributed by atoms with Crippen LogP contribution in [0, 0.1) is 0 Å². The van der Waals surface area contributed by atoms with E-state index in [-0.39, 0.29) is 17.4 Å². The van der Waals surface area contributed by atoms with E-state index in [2.05, 4.69) is 15.3 Å². The lowest BCUT2D eigenvalue weighted by Gasteiger charge is -2.40. The number of Topliss-reactive ketones (excluding diaryl/α,β-unsaturated/α-hetero) is 1. The van der Waals surface area contributed by atoms with Crippen molar-refractivity contribution in [2.24, 2.45) is 0 Å². The summed E-state index contributed by atoms with van der Waals surface area (Å²) in [5, 5.41) is 41.2. The lowest BCUT2D eigenvalue weighted by atomic mass is 9.98. The second kappa shape index (κ2) is 7.23. The van der Waals surface area contributed by atoms with Crippen LogP contribution in [0.5, 0.6) is 6.01 Å². The summed E-state index contributed by atoms with van der Waals surface area (Å²) in [5.41, 5.74) is -1.09. The van der Waals surface area contributed by atoms with Crippen LogP contribution < -0.4 is 15.6 Å². The van der Waals surface area contributed by atoms with Crippen molar-refractivity contribution in [1.29, 1.82) is 0 Å². The van der Waals surface area contributed by atoms with E-state index in [0.29, 0.717) is 0 Å². The fourth-order valence-corrected chi connectivity index (χ4v) is 2.34. The van der Waals surface area contributed by atoms with Crippen molar-refractivity contribution in [1.82, 2.24) is 9.97 Å². The van der Waals surface area contributed by atoms with Crippen molar-refractivity contribution in [2.75, 3.05) is 19.0 Å². The molecule has 134 valence electrons. The number of aliphatic hydroxyl groups excluding tert-OH is 4. The molecule has 11 nitrogen and oxygen atoms in total. The van der Waals surface area contributed by atoms with E-state index in [1.54, 1.807) is 0 Å². The molecule has 5 atom stereocenters. The van der Waals surface area contributed by atoms with E-state index in [0.717, 1.165) is 6.92 Å². The molecule has 24 heavy (non-hydrogen) atoms. The smallest absolute Gasteiger partial charge is 0.298 e. The van der Waals surface area contributed by atoms with Gasteiger partial charge < -0.3 is 35.2 Å². The molecule has 2 rings (SSSR count). The number of carbonyl (C=O) groups excluding carboxylic acids is 1. The van der Waals surface area contributed by atoms with Gasteiger partial charge in [-0.1, -0.05) is 0 Å². The topological polar surface area (TPSA) is 174 Å². The minimum absolute atomic E-state index is 0.183. The summed E-state index contributed by atoms with van der Waals surface area (Å²) in [5.74, 6) is -0.828. The summed E-state index contributed by atoms with van der Waals surface area (Å²) in [6.07, 6.45) is -7.23. The third-order valence-electron chi connectivity index (χ3n) is 3.61. The average molecular weight is 345 g/mol. The zero-order chi connectivity index (χ0) is 18.0. The number of aromatic amines is 1. The first-order valence-corrected chi connectivity index (χ1v) is 7.06. The first-order chi connectivity index (χ1) is 11.3. The highest BCUT2D eigenvalue weighted by atomic mass is 16.6. The van der Waals surface area contributed by atoms with Gasteiger partial charge in [-0.3, -0.25) is 14.6 Å². The third-order valence-corrected chi connectivity index (χ3v) is 3.61. The van der Waals surface area contributed by atoms with Crippen molar-refractivity contribution < 1.29 is 34.7 Å². The Labute approximate surface area is 135 Å². The van der Waals surface area contributed by atoms with E-state index < -0.39 is 48.6 Å². The van der Waals surface area contributed by atoms with Crippen molar-refractivity contribution >= 4 is 11.6 Å². The molecule has 0 aromatic carbocycles. The molecule has 0 saturated carbocycles. The second-order valence-electron chi connectivity index (χ2n) is 5.25. The predicted octanol–water partition coefficient (Wildman–Crippen LogP) is -2.81. The van der Waals surface area contributed by atoms with Crippen molar-refractivity contribution in [3.05, 3.63) is 15.9 Å². The molecule has 6 N–H and O–H groups in total. The van der Waals surface area contributed by atoms with Crippen LogP contribution in [0.2, 0.25) is 0 Å². The van der Waals surface area contributed by atoms with E-state index >= 15 is 0 Å². The summed E-state index contributed by atoms with van der Waals surface area (Å²) in [6, 6.07) is -0.183. The van der Waals surface area contributed by atoms with Gasteiger partial charge in [0.05, 0.1) is 13.7 Å². The van der Waals surface area contributed by atoms with Crippen LogP contribution in [0.3, 0.4) is 0 Å². The number of carbonyl (C=O) groups is 1. The highest BCUT2D eigenvalue weighted by Gasteiger charge is 2.44. The first-order valence-electron chi connectivity index (χ1n) is 7.06. The average Bonchev–Trinajstić information content (AvgIpc) is 2.54. The molecule has 0 aliphatic carbocycles. The maximum absolute atomic E-state index is 12.0. The predicted molar refractivity (Wildman–Crippen MR) is 78.8 cm³/mol. The normalized spacial score (nSPS) is 30.0.